The van der Waals surface area contributed by atoms with Crippen molar-refractivity contribution in [3.8, 4) is 0 Å². The van der Waals surface area contributed by atoms with Crippen molar-refractivity contribution in [1.82, 2.24) is 4.90 Å². The Morgan fingerprint density at radius 2 is 1.93 bits per heavy atom. The van der Waals surface area contributed by atoms with Gasteiger partial charge in [0, 0.05) is 23.4 Å². The van der Waals surface area contributed by atoms with Crippen molar-refractivity contribution in [3.05, 3.63) is 65.6 Å². The summed E-state index contributed by atoms with van der Waals surface area (Å²) in [6.45, 7) is 2.21. The molecule has 0 saturated carbocycles. The van der Waals surface area contributed by atoms with Gasteiger partial charge in [0.05, 0.1) is 29.7 Å². The molecule has 3 heterocycles. The molecule has 0 aliphatic carbocycles. The van der Waals surface area contributed by atoms with Crippen molar-refractivity contribution in [3.63, 3.8) is 0 Å². The SMILES string of the molecule is C[C@@H](O)[C@H]1C(=O)N2C(C(=O)[O-])=C(c3ccc(C[n+]4ccc(N)cc4)cc3)C[C@H]12. The molecular weight excluding hydrogens is 358 g/mol. The van der Waals surface area contributed by atoms with Crippen LogP contribution in [0, 0.1) is 5.92 Å². The summed E-state index contributed by atoms with van der Waals surface area (Å²) < 4.78 is 1.99. The first-order valence-electron chi connectivity index (χ1n) is 9.16. The van der Waals surface area contributed by atoms with E-state index in [0.29, 0.717) is 24.2 Å². The first-order valence-corrected chi connectivity index (χ1v) is 9.16. The number of hydrogen-bond acceptors (Lipinski definition) is 5. The fourth-order valence-corrected chi connectivity index (χ4v) is 4.11. The molecule has 1 saturated heterocycles. The number of carboxylic acid groups (broad SMARTS) is 1. The molecule has 0 unspecified atom stereocenters. The number of aliphatic hydroxyl groups excluding tert-OH is 1. The number of β-lactam (4-membered cyclic amide) rings is 1. The van der Waals surface area contributed by atoms with Gasteiger partial charge < -0.3 is 25.6 Å². The Kier molecular flexibility index (Phi) is 4.39. The third-order valence-electron chi connectivity index (χ3n) is 5.51. The van der Waals surface area contributed by atoms with Gasteiger partial charge in [0.1, 0.15) is 0 Å². The van der Waals surface area contributed by atoms with E-state index in [0.717, 1.165) is 11.1 Å². The molecule has 1 fully saturated rings. The normalized spacial score (nSPS) is 22.1. The molecule has 0 spiro atoms. The van der Waals surface area contributed by atoms with E-state index < -0.39 is 18.0 Å². The van der Waals surface area contributed by atoms with Gasteiger partial charge in [-0.2, -0.15) is 0 Å². The number of fused-ring (bicyclic) bond motifs is 1. The number of carboxylic acids is 1. The molecule has 1 amide bonds. The van der Waals surface area contributed by atoms with Crippen LogP contribution in [-0.4, -0.2) is 34.0 Å². The predicted octanol–water partition coefficient (Wildman–Crippen LogP) is -0.323. The molecule has 28 heavy (non-hydrogen) atoms. The lowest BCUT2D eigenvalue weighted by Gasteiger charge is -2.45. The van der Waals surface area contributed by atoms with Crippen LogP contribution in [0.25, 0.3) is 5.57 Å². The fraction of sp³-hybridized carbons (Fsp3) is 0.286. The Labute approximate surface area is 162 Å². The van der Waals surface area contributed by atoms with Gasteiger partial charge >= 0.3 is 0 Å². The molecule has 2 aromatic rings. The van der Waals surface area contributed by atoms with E-state index in [1.807, 2.05) is 53.4 Å². The summed E-state index contributed by atoms with van der Waals surface area (Å²) in [6.07, 6.45) is 3.37. The summed E-state index contributed by atoms with van der Waals surface area (Å²) in [5.74, 6) is -2.28. The highest BCUT2D eigenvalue weighted by molar-refractivity contribution is 6.05. The molecule has 7 nitrogen and oxygen atoms in total. The Bertz CT molecular complexity index is 964. The molecule has 144 valence electrons. The molecule has 1 aromatic carbocycles. The topological polar surface area (TPSA) is 111 Å². The number of hydrogen-bond donors (Lipinski definition) is 2. The number of pyridine rings is 1. The van der Waals surface area contributed by atoms with E-state index in [-0.39, 0.29) is 17.6 Å². The molecule has 3 N–H and O–H groups in total. The van der Waals surface area contributed by atoms with E-state index in [4.69, 9.17) is 5.73 Å². The summed E-state index contributed by atoms with van der Waals surface area (Å²) in [6, 6.07) is 10.9. The number of nitrogens with two attached hydrogens (primary N) is 1. The zero-order valence-electron chi connectivity index (χ0n) is 15.4. The minimum absolute atomic E-state index is 0.0763. The Morgan fingerprint density at radius 1 is 1.29 bits per heavy atom. The maximum Gasteiger partial charge on any atom is 0.235 e. The van der Waals surface area contributed by atoms with Crippen LogP contribution in [-0.2, 0) is 16.1 Å². The van der Waals surface area contributed by atoms with Gasteiger partial charge in [-0.3, -0.25) is 4.79 Å². The molecule has 0 bridgehead atoms. The van der Waals surface area contributed by atoms with Crippen LogP contribution in [0.3, 0.4) is 0 Å². The van der Waals surface area contributed by atoms with Gasteiger partial charge in [-0.15, -0.1) is 0 Å². The smallest absolute Gasteiger partial charge is 0.235 e. The van der Waals surface area contributed by atoms with Crippen LogP contribution in [0.2, 0.25) is 0 Å². The second-order valence-corrected chi connectivity index (χ2v) is 7.36. The van der Waals surface area contributed by atoms with Crippen molar-refractivity contribution < 1.29 is 24.4 Å². The number of carbonyl (C=O) groups is 2. The van der Waals surface area contributed by atoms with E-state index in [1.165, 1.54) is 4.90 Å². The van der Waals surface area contributed by atoms with Gasteiger partial charge in [-0.25, -0.2) is 4.57 Å². The Hall–Kier alpha value is -3.19. The number of benzene rings is 1. The van der Waals surface area contributed by atoms with Gasteiger partial charge in [0.2, 0.25) is 5.91 Å². The molecule has 2 aliphatic rings. The van der Waals surface area contributed by atoms with E-state index in [1.54, 1.807) is 6.92 Å². The molecule has 1 aromatic heterocycles. The monoisotopic (exact) mass is 379 g/mol. The summed E-state index contributed by atoms with van der Waals surface area (Å²) in [5.41, 5.74) is 8.69. The quantitative estimate of drug-likeness (QED) is 0.546. The summed E-state index contributed by atoms with van der Waals surface area (Å²) in [7, 11) is 0. The zero-order chi connectivity index (χ0) is 20.0. The van der Waals surface area contributed by atoms with Crippen LogP contribution < -0.4 is 15.4 Å². The average Bonchev–Trinajstić information content (AvgIpc) is 2.99. The number of amides is 1. The molecule has 0 radical (unpaired) electrons. The summed E-state index contributed by atoms with van der Waals surface area (Å²) in [5, 5.41) is 21.5. The van der Waals surface area contributed by atoms with Gasteiger partial charge in [-0.05, 0) is 24.5 Å². The van der Waals surface area contributed by atoms with Crippen LogP contribution >= 0.6 is 0 Å². The summed E-state index contributed by atoms with van der Waals surface area (Å²) in [4.78, 5) is 25.2. The first kappa shape index (κ1) is 18.2. The standard InChI is InChI=1S/C21H21N3O4/c1-12(25)18-17-10-16(19(21(27)28)24(17)20(18)26)14-4-2-13(3-5-14)11-23-8-6-15(22)7-9-23/h2-9,12,17-18,22,25H,10-11H2,1H3,(H,27,28)/t12-,17-,18-/m1/s1. The number of aromatic nitrogens is 1. The number of nitrogen functional groups attached to an aromatic ring is 1. The molecular formula is C21H21N3O4. The van der Waals surface area contributed by atoms with E-state index in [9.17, 15) is 19.8 Å². The molecule has 7 heteroatoms. The maximum absolute atomic E-state index is 12.3. The Morgan fingerprint density at radius 3 is 2.50 bits per heavy atom. The number of rotatable bonds is 5. The van der Waals surface area contributed by atoms with Crippen molar-refractivity contribution in [2.45, 2.75) is 32.0 Å². The zero-order valence-corrected chi connectivity index (χ0v) is 15.4. The lowest BCUT2D eigenvalue weighted by atomic mass is 9.82. The van der Waals surface area contributed by atoms with Crippen molar-refractivity contribution in [1.29, 1.82) is 0 Å². The number of carbonyl (C=O) groups excluding carboxylic acids is 2. The number of aliphatic carboxylic acids is 1. The minimum Gasteiger partial charge on any atom is -0.543 e. The maximum atomic E-state index is 12.3. The lowest BCUT2D eigenvalue weighted by Crippen LogP contribution is -2.62. The molecule has 2 aliphatic heterocycles. The van der Waals surface area contributed by atoms with Crippen LogP contribution in [0.1, 0.15) is 24.5 Å². The van der Waals surface area contributed by atoms with Crippen LogP contribution in [0.4, 0.5) is 5.69 Å². The van der Waals surface area contributed by atoms with Crippen molar-refractivity contribution in [2.24, 2.45) is 5.92 Å². The van der Waals surface area contributed by atoms with E-state index >= 15 is 0 Å². The third kappa shape index (κ3) is 2.93. The number of anilines is 1. The number of aliphatic hydroxyl groups is 1. The first-order chi connectivity index (χ1) is 13.4. The number of nitrogens with zero attached hydrogens (tertiary/aromatic N) is 2. The van der Waals surface area contributed by atoms with Crippen LogP contribution in [0.15, 0.2) is 54.5 Å². The fourth-order valence-electron chi connectivity index (χ4n) is 4.11. The predicted molar refractivity (Wildman–Crippen MR) is 98.9 cm³/mol. The molecule has 4 rings (SSSR count). The minimum atomic E-state index is -1.36. The second-order valence-electron chi connectivity index (χ2n) is 7.36. The van der Waals surface area contributed by atoms with Crippen molar-refractivity contribution in [2.75, 3.05) is 5.73 Å². The Balaban J connectivity index is 1.59. The largest absolute Gasteiger partial charge is 0.543 e. The van der Waals surface area contributed by atoms with Gasteiger partial charge in [0.25, 0.3) is 0 Å². The van der Waals surface area contributed by atoms with E-state index in [2.05, 4.69) is 0 Å². The van der Waals surface area contributed by atoms with Crippen molar-refractivity contribution >= 4 is 23.1 Å². The van der Waals surface area contributed by atoms with Crippen LogP contribution in [0.5, 0.6) is 0 Å². The average molecular weight is 379 g/mol. The van der Waals surface area contributed by atoms with Gasteiger partial charge in [-0.1, -0.05) is 24.3 Å². The highest BCUT2D eigenvalue weighted by atomic mass is 16.4. The second kappa shape index (κ2) is 6.76. The molecule has 3 atom stereocenters. The highest BCUT2D eigenvalue weighted by Crippen LogP contribution is 2.46. The van der Waals surface area contributed by atoms with Gasteiger partial charge in [0.15, 0.2) is 18.9 Å². The lowest BCUT2D eigenvalue weighted by molar-refractivity contribution is -0.688. The summed E-state index contributed by atoms with van der Waals surface area (Å²) >= 11 is 0. The third-order valence-corrected chi connectivity index (χ3v) is 5.51. The highest BCUT2D eigenvalue weighted by Gasteiger charge is 2.55.